The Hall–Kier alpha value is -5.94. The normalized spacial score (nSPS) is 11.7. The Morgan fingerprint density at radius 3 is 1.24 bits per heavy atom. The number of carbonyl (C=O) groups is 2. The van der Waals surface area contributed by atoms with Gasteiger partial charge in [0.2, 0.25) is 0 Å². The van der Waals surface area contributed by atoms with Crippen molar-refractivity contribution >= 4 is 11.9 Å². The SMILES string of the molecule is CCCCCCCCOc1ccc(-c2ccc(C(=O)OC(CC)c3ccccc3)cc2)cc1.CCCCCc1ccc(-c2ccc(C(=O)OC(CC)c3ccccc3)cc2)cc1. The number of carbonyl (C=O) groups excluding carboxylic acids is 2. The lowest BCUT2D eigenvalue weighted by Crippen LogP contribution is -2.11. The molecule has 0 radical (unpaired) electrons. The predicted molar refractivity (Wildman–Crippen MR) is 256 cm³/mol. The number of hydrogen-bond acceptors (Lipinski definition) is 5. The van der Waals surface area contributed by atoms with E-state index in [9.17, 15) is 9.59 Å². The third-order valence-corrected chi connectivity index (χ3v) is 11.1. The van der Waals surface area contributed by atoms with Gasteiger partial charge in [-0.15, -0.1) is 0 Å². The topological polar surface area (TPSA) is 61.8 Å². The van der Waals surface area contributed by atoms with Crippen LogP contribution < -0.4 is 4.74 Å². The summed E-state index contributed by atoms with van der Waals surface area (Å²) in [6.45, 7) is 9.29. The standard InChI is InChI=1S/C30H36O3.C27H30O2/c1-3-5-6-7-8-12-23-32-28-21-19-25(20-22-28)24-15-17-27(18-16-24)30(31)33-29(4-2)26-13-10-9-11-14-26;1-3-5-7-10-21-13-15-22(16-14-21)23-17-19-25(20-18-23)27(28)29-26(4-2)24-11-8-6-9-12-24/h9-11,13-22,29H,3-8,12,23H2,1-2H3;6,8-9,11-20,26H,3-5,7,10H2,1-2H3. The number of ether oxygens (including phenoxy) is 3. The van der Waals surface area contributed by atoms with Crippen molar-refractivity contribution in [2.24, 2.45) is 0 Å². The van der Waals surface area contributed by atoms with E-state index in [0.29, 0.717) is 11.1 Å². The van der Waals surface area contributed by atoms with Crippen LogP contribution in [0, 0.1) is 0 Å². The van der Waals surface area contributed by atoms with E-state index >= 15 is 0 Å². The molecule has 0 heterocycles. The van der Waals surface area contributed by atoms with Gasteiger partial charge in [0, 0.05) is 0 Å². The number of hydrogen-bond donors (Lipinski definition) is 0. The summed E-state index contributed by atoms with van der Waals surface area (Å²) in [7, 11) is 0. The molecule has 0 amide bonds. The molecular formula is C57H66O5. The summed E-state index contributed by atoms with van der Waals surface area (Å²) in [6, 6.07) is 51.9. The van der Waals surface area contributed by atoms with Crippen molar-refractivity contribution in [3.05, 3.63) is 186 Å². The van der Waals surface area contributed by atoms with Gasteiger partial charge in [0.05, 0.1) is 17.7 Å². The molecule has 62 heavy (non-hydrogen) atoms. The van der Waals surface area contributed by atoms with Gasteiger partial charge in [-0.05, 0) is 107 Å². The summed E-state index contributed by atoms with van der Waals surface area (Å²) < 4.78 is 17.4. The van der Waals surface area contributed by atoms with Crippen LogP contribution in [-0.4, -0.2) is 18.5 Å². The summed E-state index contributed by atoms with van der Waals surface area (Å²) in [6.07, 6.45) is 13.5. The van der Waals surface area contributed by atoms with Gasteiger partial charge in [0.15, 0.2) is 0 Å². The molecule has 5 nitrogen and oxygen atoms in total. The average Bonchev–Trinajstić information content (AvgIpc) is 3.33. The fourth-order valence-electron chi connectivity index (χ4n) is 7.36. The van der Waals surface area contributed by atoms with Gasteiger partial charge in [-0.1, -0.05) is 194 Å². The first-order chi connectivity index (χ1) is 30.4. The highest BCUT2D eigenvalue weighted by Crippen LogP contribution is 2.27. The van der Waals surface area contributed by atoms with Crippen LogP contribution in [0.2, 0.25) is 0 Å². The van der Waals surface area contributed by atoms with E-state index in [0.717, 1.165) is 65.9 Å². The average molecular weight is 831 g/mol. The Labute approximate surface area is 371 Å². The van der Waals surface area contributed by atoms with Crippen molar-refractivity contribution in [3.8, 4) is 28.0 Å². The molecule has 0 fully saturated rings. The van der Waals surface area contributed by atoms with E-state index in [1.807, 2.05) is 135 Å². The van der Waals surface area contributed by atoms with Gasteiger partial charge in [-0.3, -0.25) is 0 Å². The first kappa shape index (κ1) is 47.1. The molecule has 2 unspecified atom stereocenters. The molecule has 6 aromatic rings. The third kappa shape index (κ3) is 15.2. The van der Waals surface area contributed by atoms with Crippen LogP contribution in [0.15, 0.2) is 158 Å². The Balaban J connectivity index is 0.000000236. The first-order valence-electron chi connectivity index (χ1n) is 23.0. The van der Waals surface area contributed by atoms with E-state index in [2.05, 4.69) is 50.2 Å². The molecule has 0 spiro atoms. The smallest absolute Gasteiger partial charge is 0.338 e. The van der Waals surface area contributed by atoms with Gasteiger partial charge in [-0.2, -0.15) is 0 Å². The monoisotopic (exact) mass is 830 g/mol. The molecule has 6 rings (SSSR count). The van der Waals surface area contributed by atoms with Gasteiger partial charge >= 0.3 is 11.9 Å². The summed E-state index contributed by atoms with van der Waals surface area (Å²) in [5.74, 6) is 0.327. The molecule has 2 atom stereocenters. The molecular weight excluding hydrogens is 765 g/mol. The fraction of sp³-hybridized carbons (Fsp3) is 0.333. The second-order valence-electron chi connectivity index (χ2n) is 15.9. The lowest BCUT2D eigenvalue weighted by Gasteiger charge is -2.16. The second kappa shape index (κ2) is 26.4. The molecule has 0 aromatic heterocycles. The fourth-order valence-corrected chi connectivity index (χ4v) is 7.36. The van der Waals surface area contributed by atoms with Crippen LogP contribution in [-0.2, 0) is 15.9 Å². The minimum absolute atomic E-state index is 0.219. The maximum Gasteiger partial charge on any atom is 0.338 e. The summed E-state index contributed by atoms with van der Waals surface area (Å²) in [5, 5.41) is 0. The number of benzene rings is 6. The van der Waals surface area contributed by atoms with Gasteiger partial charge in [-0.25, -0.2) is 9.59 Å². The zero-order chi connectivity index (χ0) is 43.8. The number of unbranched alkanes of at least 4 members (excludes halogenated alkanes) is 7. The molecule has 0 aliphatic heterocycles. The molecule has 0 N–H and O–H groups in total. The summed E-state index contributed by atoms with van der Waals surface area (Å²) in [5.41, 5.74) is 9.00. The molecule has 0 aliphatic carbocycles. The molecule has 0 bridgehead atoms. The molecule has 0 aliphatic rings. The summed E-state index contributed by atoms with van der Waals surface area (Å²) >= 11 is 0. The third-order valence-electron chi connectivity index (χ3n) is 11.1. The van der Waals surface area contributed by atoms with E-state index in [1.165, 1.54) is 62.5 Å². The van der Waals surface area contributed by atoms with Crippen molar-refractivity contribution in [1.29, 1.82) is 0 Å². The van der Waals surface area contributed by atoms with E-state index in [1.54, 1.807) is 0 Å². The van der Waals surface area contributed by atoms with Crippen LogP contribution in [0.1, 0.15) is 148 Å². The highest BCUT2D eigenvalue weighted by Gasteiger charge is 2.18. The van der Waals surface area contributed by atoms with Gasteiger partial charge in [0.1, 0.15) is 18.0 Å². The Morgan fingerprint density at radius 2 is 0.806 bits per heavy atom. The zero-order valence-corrected chi connectivity index (χ0v) is 37.4. The van der Waals surface area contributed by atoms with Crippen molar-refractivity contribution < 1.29 is 23.8 Å². The highest BCUT2D eigenvalue weighted by atomic mass is 16.5. The van der Waals surface area contributed by atoms with Crippen molar-refractivity contribution in [2.75, 3.05) is 6.61 Å². The van der Waals surface area contributed by atoms with Crippen LogP contribution in [0.25, 0.3) is 22.3 Å². The highest BCUT2D eigenvalue weighted by molar-refractivity contribution is 5.91. The van der Waals surface area contributed by atoms with E-state index in [-0.39, 0.29) is 24.1 Å². The minimum Gasteiger partial charge on any atom is -0.494 e. The summed E-state index contributed by atoms with van der Waals surface area (Å²) in [4.78, 5) is 25.2. The Morgan fingerprint density at radius 1 is 0.419 bits per heavy atom. The quantitative estimate of drug-likeness (QED) is 0.0504. The lowest BCUT2D eigenvalue weighted by molar-refractivity contribution is 0.0279. The molecule has 6 aromatic carbocycles. The van der Waals surface area contributed by atoms with E-state index < -0.39 is 0 Å². The van der Waals surface area contributed by atoms with Gasteiger partial charge in [0.25, 0.3) is 0 Å². The molecule has 324 valence electrons. The van der Waals surface area contributed by atoms with Crippen LogP contribution in [0.5, 0.6) is 5.75 Å². The number of rotatable bonds is 22. The predicted octanol–water partition coefficient (Wildman–Crippen LogP) is 15.8. The van der Waals surface area contributed by atoms with Crippen LogP contribution in [0.4, 0.5) is 0 Å². The van der Waals surface area contributed by atoms with Crippen molar-refractivity contribution in [3.63, 3.8) is 0 Å². The second-order valence-corrected chi connectivity index (χ2v) is 15.9. The Bertz CT molecular complexity index is 2140. The molecule has 0 saturated carbocycles. The Kier molecular flexibility index (Phi) is 20.1. The van der Waals surface area contributed by atoms with E-state index in [4.69, 9.17) is 14.2 Å². The number of aryl methyl sites for hydroxylation is 1. The molecule has 5 heteroatoms. The first-order valence-corrected chi connectivity index (χ1v) is 23.0. The van der Waals surface area contributed by atoms with Gasteiger partial charge < -0.3 is 14.2 Å². The zero-order valence-electron chi connectivity index (χ0n) is 37.4. The largest absolute Gasteiger partial charge is 0.494 e. The minimum atomic E-state index is -0.296. The van der Waals surface area contributed by atoms with Crippen molar-refractivity contribution in [2.45, 2.75) is 117 Å². The molecule has 0 saturated heterocycles. The lowest BCUT2D eigenvalue weighted by atomic mass is 10.0. The van der Waals surface area contributed by atoms with Crippen LogP contribution >= 0.6 is 0 Å². The maximum absolute atomic E-state index is 12.6. The van der Waals surface area contributed by atoms with Crippen molar-refractivity contribution in [1.82, 2.24) is 0 Å². The van der Waals surface area contributed by atoms with Crippen LogP contribution in [0.3, 0.4) is 0 Å². The maximum atomic E-state index is 12.6. The number of esters is 2.